The predicted molar refractivity (Wildman–Crippen MR) is 126 cm³/mol. The van der Waals surface area contributed by atoms with Crippen molar-refractivity contribution in [3.8, 4) is 5.75 Å². The largest absolute Gasteiger partial charge is 0.506 e. The zero-order chi connectivity index (χ0) is 22.7. The molecule has 1 atom stereocenters. The first-order valence-electron chi connectivity index (χ1n) is 12.0. The number of carbonyl (C=O) groups excluding carboxylic acids is 1. The Bertz CT molecular complexity index is 1090. The van der Waals surface area contributed by atoms with E-state index in [1.165, 1.54) is 32.1 Å². The number of aromatic hydroxyl groups is 1. The molecule has 1 aromatic heterocycles. The first-order chi connectivity index (χ1) is 15.3. The number of benzene rings is 1. The Labute approximate surface area is 188 Å². The number of carbonyl (C=O) groups is 1. The number of nitrogens with two attached hydrogens (primary N) is 1. The van der Waals surface area contributed by atoms with Crippen molar-refractivity contribution >= 4 is 22.5 Å². The standard InChI is InChI=1S/C25H34N4O3/c1-4-21(29-17-8-14-7-15(10-17)11-18(29)9-14)27-24(31)22-23(30)19-12-16(26)5-6-20(19)28(13(2)3)25(22)32/h5-6,12-15,17-18,21,30H,4,7-11,26H2,1-3H3,(H,27,31). The maximum absolute atomic E-state index is 13.5. The lowest BCUT2D eigenvalue weighted by atomic mass is 9.63. The maximum Gasteiger partial charge on any atom is 0.267 e. The average molecular weight is 439 g/mol. The molecule has 1 aromatic carbocycles. The van der Waals surface area contributed by atoms with E-state index in [4.69, 9.17) is 5.73 Å². The highest BCUT2D eigenvalue weighted by molar-refractivity contribution is 6.03. The Morgan fingerprint density at radius 1 is 1.16 bits per heavy atom. The highest BCUT2D eigenvalue weighted by atomic mass is 16.3. The molecule has 4 bridgehead atoms. The van der Waals surface area contributed by atoms with Crippen LogP contribution in [0.25, 0.3) is 10.9 Å². The Hall–Kier alpha value is -2.54. The molecular weight excluding hydrogens is 404 g/mol. The van der Waals surface area contributed by atoms with Crippen molar-refractivity contribution in [2.24, 2.45) is 11.8 Å². The van der Waals surface area contributed by atoms with Gasteiger partial charge in [0, 0.05) is 29.2 Å². The minimum absolute atomic E-state index is 0.139. The van der Waals surface area contributed by atoms with Crippen LogP contribution < -0.4 is 16.6 Å². The molecule has 32 heavy (non-hydrogen) atoms. The van der Waals surface area contributed by atoms with Gasteiger partial charge in [-0.3, -0.25) is 14.5 Å². The van der Waals surface area contributed by atoms with Crippen molar-refractivity contribution in [1.82, 2.24) is 14.8 Å². The summed E-state index contributed by atoms with van der Waals surface area (Å²) >= 11 is 0. The molecule has 4 N–H and O–H groups in total. The summed E-state index contributed by atoms with van der Waals surface area (Å²) in [5, 5.41) is 14.5. The molecule has 7 heteroatoms. The maximum atomic E-state index is 13.5. The Kier molecular flexibility index (Phi) is 5.19. The number of piperidine rings is 2. The normalized spacial score (nSPS) is 27.9. The fraction of sp³-hybridized carbons (Fsp3) is 0.600. The zero-order valence-corrected chi connectivity index (χ0v) is 19.2. The molecule has 0 radical (unpaired) electrons. The number of hydrogen-bond acceptors (Lipinski definition) is 5. The highest BCUT2D eigenvalue weighted by Crippen LogP contribution is 2.49. The molecule has 7 nitrogen and oxygen atoms in total. The van der Waals surface area contributed by atoms with Gasteiger partial charge in [-0.25, -0.2) is 0 Å². The summed E-state index contributed by atoms with van der Waals surface area (Å²) in [5.74, 6) is 0.860. The van der Waals surface area contributed by atoms with Gasteiger partial charge in [0.25, 0.3) is 11.5 Å². The van der Waals surface area contributed by atoms with Crippen LogP contribution in [-0.2, 0) is 0 Å². The zero-order valence-electron chi connectivity index (χ0n) is 19.2. The summed E-state index contributed by atoms with van der Waals surface area (Å²) in [6.45, 7) is 5.86. The van der Waals surface area contributed by atoms with Crippen LogP contribution in [0.3, 0.4) is 0 Å². The van der Waals surface area contributed by atoms with E-state index in [9.17, 15) is 14.7 Å². The summed E-state index contributed by atoms with van der Waals surface area (Å²) in [6, 6.07) is 5.90. The Balaban J connectivity index is 1.51. The van der Waals surface area contributed by atoms with Gasteiger partial charge in [0.05, 0.1) is 11.7 Å². The summed E-state index contributed by atoms with van der Waals surface area (Å²) in [4.78, 5) is 29.3. The second kappa shape index (κ2) is 7.80. The van der Waals surface area contributed by atoms with Gasteiger partial charge in [0.1, 0.15) is 11.3 Å². The Morgan fingerprint density at radius 2 is 1.78 bits per heavy atom. The van der Waals surface area contributed by atoms with Gasteiger partial charge in [-0.15, -0.1) is 0 Å². The lowest BCUT2D eigenvalue weighted by Gasteiger charge is -2.58. The third-order valence-electron chi connectivity index (χ3n) is 7.92. The number of fused-ring (bicyclic) bond motifs is 1. The minimum Gasteiger partial charge on any atom is -0.506 e. The summed E-state index contributed by atoms with van der Waals surface area (Å²) in [6.07, 6.45) is 6.82. The molecule has 2 aromatic rings. The molecule has 4 fully saturated rings. The molecular formula is C25H34N4O3. The van der Waals surface area contributed by atoms with Gasteiger partial charge in [-0.05, 0) is 82.4 Å². The van der Waals surface area contributed by atoms with Crippen LogP contribution in [0.4, 0.5) is 5.69 Å². The van der Waals surface area contributed by atoms with Gasteiger partial charge in [0.2, 0.25) is 0 Å². The van der Waals surface area contributed by atoms with Crippen molar-refractivity contribution in [1.29, 1.82) is 0 Å². The molecule has 6 rings (SSSR count). The van der Waals surface area contributed by atoms with E-state index in [0.717, 1.165) is 18.3 Å². The molecule has 172 valence electrons. The lowest BCUT2D eigenvalue weighted by Crippen LogP contribution is -2.64. The molecule has 1 unspecified atom stereocenters. The fourth-order valence-corrected chi connectivity index (χ4v) is 6.82. The first kappa shape index (κ1) is 21.3. The van der Waals surface area contributed by atoms with Gasteiger partial charge in [-0.1, -0.05) is 6.92 Å². The lowest BCUT2D eigenvalue weighted by molar-refractivity contribution is -0.0875. The number of nitrogens with one attached hydrogen (secondary N) is 1. The van der Waals surface area contributed by atoms with E-state index < -0.39 is 11.5 Å². The van der Waals surface area contributed by atoms with Gasteiger partial charge < -0.3 is 20.7 Å². The van der Waals surface area contributed by atoms with Crippen LogP contribution in [0.5, 0.6) is 5.75 Å². The van der Waals surface area contributed by atoms with Crippen molar-refractivity contribution in [2.45, 2.75) is 83.6 Å². The van der Waals surface area contributed by atoms with E-state index in [1.54, 1.807) is 22.8 Å². The number of aromatic nitrogens is 1. The topological polar surface area (TPSA) is 101 Å². The molecule has 2 aliphatic carbocycles. The highest BCUT2D eigenvalue weighted by Gasteiger charge is 2.49. The van der Waals surface area contributed by atoms with Crippen LogP contribution >= 0.6 is 0 Å². The average Bonchev–Trinajstić information content (AvgIpc) is 2.72. The molecule has 2 aliphatic heterocycles. The quantitative estimate of drug-likeness (QED) is 0.619. The van der Waals surface area contributed by atoms with Crippen LogP contribution in [0.2, 0.25) is 0 Å². The van der Waals surface area contributed by atoms with E-state index in [2.05, 4.69) is 17.1 Å². The number of nitrogens with zero attached hydrogens (tertiary/aromatic N) is 2. The van der Waals surface area contributed by atoms with Crippen molar-refractivity contribution in [2.75, 3.05) is 5.73 Å². The van der Waals surface area contributed by atoms with Gasteiger partial charge >= 0.3 is 0 Å². The molecule has 0 spiro atoms. The summed E-state index contributed by atoms with van der Waals surface area (Å²) < 4.78 is 1.56. The minimum atomic E-state index is -0.508. The fourth-order valence-electron chi connectivity index (χ4n) is 6.82. The first-order valence-corrected chi connectivity index (χ1v) is 12.0. The Morgan fingerprint density at radius 3 is 2.34 bits per heavy atom. The van der Waals surface area contributed by atoms with Gasteiger partial charge in [0.15, 0.2) is 0 Å². The predicted octanol–water partition coefficient (Wildman–Crippen LogP) is 3.60. The number of nitrogen functional groups attached to an aromatic ring is 1. The van der Waals surface area contributed by atoms with E-state index in [1.807, 2.05) is 13.8 Å². The van der Waals surface area contributed by atoms with E-state index in [0.29, 0.717) is 28.7 Å². The summed E-state index contributed by atoms with van der Waals surface area (Å²) in [5.41, 5.74) is 6.33. The number of rotatable bonds is 5. The molecule has 4 aliphatic rings. The number of pyridine rings is 1. The van der Waals surface area contributed by atoms with Crippen molar-refractivity contribution in [3.63, 3.8) is 0 Å². The van der Waals surface area contributed by atoms with Crippen LogP contribution in [0, 0.1) is 11.8 Å². The number of amides is 1. The molecule has 2 saturated heterocycles. The SMILES string of the molecule is CCC(NC(=O)c1c(O)c2cc(N)ccc2n(C(C)C)c1=O)N1C2CC3CC(C2)CC1C3. The van der Waals surface area contributed by atoms with Crippen LogP contribution in [-0.4, -0.2) is 38.7 Å². The second-order valence-electron chi connectivity index (χ2n) is 10.3. The van der Waals surface area contributed by atoms with E-state index >= 15 is 0 Å². The van der Waals surface area contributed by atoms with Crippen LogP contribution in [0.1, 0.15) is 75.7 Å². The monoisotopic (exact) mass is 438 g/mol. The number of anilines is 1. The van der Waals surface area contributed by atoms with Crippen molar-refractivity contribution < 1.29 is 9.90 Å². The smallest absolute Gasteiger partial charge is 0.267 e. The van der Waals surface area contributed by atoms with E-state index in [-0.39, 0.29) is 23.5 Å². The number of hydrogen-bond donors (Lipinski definition) is 3. The summed E-state index contributed by atoms with van der Waals surface area (Å²) in [7, 11) is 0. The molecule has 3 heterocycles. The molecule has 1 amide bonds. The van der Waals surface area contributed by atoms with Crippen LogP contribution in [0.15, 0.2) is 23.0 Å². The third-order valence-corrected chi connectivity index (χ3v) is 7.92. The second-order valence-corrected chi connectivity index (χ2v) is 10.3. The third kappa shape index (κ3) is 3.29. The van der Waals surface area contributed by atoms with Gasteiger partial charge in [-0.2, -0.15) is 0 Å². The molecule has 2 saturated carbocycles. The van der Waals surface area contributed by atoms with Crippen molar-refractivity contribution in [3.05, 3.63) is 34.1 Å².